The first kappa shape index (κ1) is 55.0. The second kappa shape index (κ2) is 29.9. The Balaban J connectivity index is 1.45. The van der Waals surface area contributed by atoms with Gasteiger partial charge in [-0.15, -0.1) is 6.58 Å². The summed E-state index contributed by atoms with van der Waals surface area (Å²) < 4.78 is 32.5. The van der Waals surface area contributed by atoms with E-state index in [1.807, 2.05) is 47.4 Å². The zero-order valence-electron chi connectivity index (χ0n) is 42.0. The van der Waals surface area contributed by atoms with Gasteiger partial charge >= 0.3 is 6.09 Å². The summed E-state index contributed by atoms with van der Waals surface area (Å²) in [6.45, 7) is 7.86. The van der Waals surface area contributed by atoms with E-state index in [9.17, 15) is 20.1 Å². The van der Waals surface area contributed by atoms with Crippen molar-refractivity contribution >= 4 is 17.7 Å². The second-order valence-electron chi connectivity index (χ2n) is 19.4. The van der Waals surface area contributed by atoms with Crippen LogP contribution in [0.4, 0.5) is 4.79 Å². The number of hydrogen-bond donors (Lipinski definition) is 4. The number of benzene rings is 2. The Bertz CT molecular complexity index is 1940. The number of aliphatic hydroxyl groups is 3. The van der Waals surface area contributed by atoms with Crippen LogP contribution in [0.15, 0.2) is 78.0 Å². The topological polar surface area (TPSA) is 178 Å². The molecule has 2 fully saturated rings. The molecule has 6 rings (SSSR count). The Morgan fingerprint density at radius 2 is 1.66 bits per heavy atom. The van der Waals surface area contributed by atoms with Crippen LogP contribution in [0.5, 0.6) is 11.5 Å². The molecule has 0 bridgehead atoms. The zero-order valence-corrected chi connectivity index (χ0v) is 42.0. The summed E-state index contributed by atoms with van der Waals surface area (Å²) in [6.07, 6.45) is 20.6. The number of hydrogen-bond acceptors (Lipinski definition) is 12. The van der Waals surface area contributed by atoms with Gasteiger partial charge in [0.2, 0.25) is 18.0 Å². The molecule has 0 aromatic heterocycles. The number of ether oxygens (including phenoxy) is 5. The van der Waals surface area contributed by atoms with Gasteiger partial charge in [0.15, 0.2) is 0 Å². The van der Waals surface area contributed by atoms with Crippen LogP contribution in [0.3, 0.4) is 0 Å². The molecule has 388 valence electrons. The summed E-state index contributed by atoms with van der Waals surface area (Å²) in [6, 6.07) is 14.4. The molecule has 2 aromatic rings. The number of carbonyl (C=O) groups is 2. The molecule has 4 aliphatic rings. The molecule has 1 saturated heterocycles. The van der Waals surface area contributed by atoms with Crippen LogP contribution < -0.4 is 14.8 Å². The number of fused-ring (bicyclic) bond motifs is 2. The molecule has 2 aliphatic heterocycles. The Morgan fingerprint density at radius 3 is 2.37 bits per heavy atom. The fourth-order valence-corrected chi connectivity index (χ4v) is 11.1. The summed E-state index contributed by atoms with van der Waals surface area (Å²) >= 11 is 0. The van der Waals surface area contributed by atoms with E-state index in [-0.39, 0.29) is 76.3 Å². The monoisotopic (exact) mass is 974 g/mol. The molecule has 2 aromatic carbocycles. The lowest BCUT2D eigenvalue weighted by molar-refractivity contribution is -0.258. The van der Waals surface area contributed by atoms with Gasteiger partial charge in [0, 0.05) is 57.0 Å². The number of rotatable bonds is 32. The Morgan fingerprint density at radius 1 is 0.900 bits per heavy atom. The van der Waals surface area contributed by atoms with E-state index in [4.69, 9.17) is 33.7 Å². The van der Waals surface area contributed by atoms with E-state index in [1.54, 1.807) is 12.1 Å². The molecular weight excluding hydrogens is 891 g/mol. The first-order chi connectivity index (χ1) is 34.4. The van der Waals surface area contributed by atoms with Crippen LogP contribution >= 0.6 is 0 Å². The lowest BCUT2D eigenvalue weighted by Crippen LogP contribution is -2.70. The van der Waals surface area contributed by atoms with Crippen molar-refractivity contribution in [2.24, 2.45) is 22.9 Å². The Labute approximate surface area is 417 Å². The van der Waals surface area contributed by atoms with Crippen molar-refractivity contribution < 1.29 is 53.4 Å². The lowest BCUT2D eigenvalue weighted by atomic mass is 9.55. The lowest BCUT2D eigenvalue weighted by Gasteiger charge is -2.60. The fourth-order valence-electron chi connectivity index (χ4n) is 11.1. The minimum atomic E-state index is -1.45. The Hall–Kier alpha value is -4.31. The van der Waals surface area contributed by atoms with Crippen LogP contribution in [-0.4, -0.2) is 109 Å². The number of unbranched alkanes of at least 4 members (excludes halogenated alkanes) is 10. The molecule has 2 aliphatic carbocycles. The molecule has 1 saturated carbocycles. The van der Waals surface area contributed by atoms with E-state index >= 15 is 4.79 Å². The van der Waals surface area contributed by atoms with Crippen molar-refractivity contribution in [2.45, 2.75) is 166 Å². The SMILES string of the molecule is C=CCOC12Oc3ccc(OC(=O)NCc4ccccc4)cc3C3C(CCCCO)C(CCCCO)C=C(C(=NOC4CCCCO4)CC1N(CCOCCO)C(=O)CCCCCCCCCCC)C32. The van der Waals surface area contributed by atoms with Gasteiger partial charge in [0.05, 0.1) is 44.7 Å². The maximum atomic E-state index is 15.0. The van der Waals surface area contributed by atoms with E-state index in [2.05, 4.69) is 24.9 Å². The molecule has 70 heavy (non-hydrogen) atoms. The highest BCUT2D eigenvalue weighted by atomic mass is 16.8. The maximum Gasteiger partial charge on any atom is 0.412 e. The number of oxime groups is 1. The highest BCUT2D eigenvalue weighted by Crippen LogP contribution is 2.62. The average Bonchev–Trinajstić information content (AvgIpc) is 3.38. The van der Waals surface area contributed by atoms with Crippen molar-refractivity contribution in [3.05, 3.63) is 84.0 Å². The number of carbonyl (C=O) groups excluding carboxylic acids is 2. The van der Waals surface area contributed by atoms with Crippen molar-refractivity contribution in [3.8, 4) is 11.5 Å². The number of amides is 2. The molecule has 4 N–H and O–H groups in total. The van der Waals surface area contributed by atoms with Gasteiger partial charge in [0.25, 0.3) is 0 Å². The first-order valence-corrected chi connectivity index (χ1v) is 26.7. The minimum absolute atomic E-state index is 0.0166. The third-order valence-corrected chi connectivity index (χ3v) is 14.5. The largest absolute Gasteiger partial charge is 0.459 e. The number of nitrogens with zero attached hydrogens (tertiary/aromatic N) is 2. The van der Waals surface area contributed by atoms with Crippen LogP contribution in [0.25, 0.3) is 0 Å². The van der Waals surface area contributed by atoms with Crippen LogP contribution in [-0.2, 0) is 30.4 Å². The Kier molecular flexibility index (Phi) is 23.5. The molecule has 2 heterocycles. The third kappa shape index (κ3) is 15.4. The molecule has 14 heteroatoms. The maximum absolute atomic E-state index is 15.0. The van der Waals surface area contributed by atoms with E-state index in [1.165, 1.54) is 32.1 Å². The molecule has 2 amide bonds. The predicted molar refractivity (Wildman–Crippen MR) is 270 cm³/mol. The average molecular weight is 974 g/mol. The normalized spacial score (nSPS) is 24.2. The number of nitrogens with one attached hydrogen (secondary N) is 1. The second-order valence-corrected chi connectivity index (χ2v) is 19.4. The van der Waals surface area contributed by atoms with Gasteiger partial charge in [-0.05, 0) is 86.1 Å². The van der Waals surface area contributed by atoms with E-state index in [0.29, 0.717) is 56.0 Å². The standard InChI is InChI=1S/C56H83N3O11/c1-3-5-6-7-8-9-10-11-15-26-51(63)59(30-36-65-37-33-62)50-40-48(58-70-52-27-18-21-35-66-52)46-38-43(24-16-19-31-60)45(25-17-20-32-61)53-47-39-44(68-55(64)57-41-42-22-13-12-14-23-42)28-29-49(47)69-56(50,54(46)53)67-34-4-2/h4,12-14,22-23,28-29,38-39,43,45,50,52-54,60-62H,2-3,5-11,15-21,24-27,30-37,40-41H2,1H3,(H,57,64). The van der Waals surface area contributed by atoms with Crippen molar-refractivity contribution in [1.29, 1.82) is 0 Å². The van der Waals surface area contributed by atoms with Gasteiger partial charge in [-0.2, -0.15) is 0 Å². The first-order valence-electron chi connectivity index (χ1n) is 26.7. The van der Waals surface area contributed by atoms with Gasteiger partial charge in [-0.3, -0.25) is 4.79 Å². The number of aliphatic hydroxyl groups excluding tert-OH is 3. The zero-order chi connectivity index (χ0) is 49.4. The van der Waals surface area contributed by atoms with Gasteiger partial charge < -0.3 is 54.1 Å². The minimum Gasteiger partial charge on any atom is -0.459 e. The van der Waals surface area contributed by atoms with Crippen molar-refractivity contribution in [2.75, 3.05) is 52.8 Å². The highest BCUT2D eigenvalue weighted by Gasteiger charge is 2.65. The third-order valence-electron chi connectivity index (χ3n) is 14.5. The smallest absolute Gasteiger partial charge is 0.412 e. The highest BCUT2D eigenvalue weighted by molar-refractivity contribution is 6.03. The van der Waals surface area contributed by atoms with E-state index in [0.717, 1.165) is 80.9 Å². The van der Waals surface area contributed by atoms with Crippen LogP contribution in [0, 0.1) is 17.8 Å². The number of allylic oxidation sites excluding steroid dienone is 1. The van der Waals surface area contributed by atoms with Crippen LogP contribution in [0.2, 0.25) is 0 Å². The quantitative estimate of drug-likeness (QED) is 0.0312. The summed E-state index contributed by atoms with van der Waals surface area (Å²) in [5, 5.41) is 37.6. The molecule has 0 spiro atoms. The van der Waals surface area contributed by atoms with E-state index < -0.39 is 30.1 Å². The fraction of sp³-hybridized carbons (Fsp3) is 0.661. The van der Waals surface area contributed by atoms with Gasteiger partial charge in [-0.25, -0.2) is 4.79 Å². The predicted octanol–water partition coefficient (Wildman–Crippen LogP) is 9.89. The van der Waals surface area contributed by atoms with Gasteiger partial charge in [0.1, 0.15) is 17.5 Å². The summed E-state index contributed by atoms with van der Waals surface area (Å²) in [5.41, 5.74) is 3.38. The summed E-state index contributed by atoms with van der Waals surface area (Å²) in [7, 11) is 0. The van der Waals surface area contributed by atoms with Crippen molar-refractivity contribution in [3.63, 3.8) is 0 Å². The molecule has 7 atom stereocenters. The summed E-state index contributed by atoms with van der Waals surface area (Å²) in [5.74, 6) is -1.42. The van der Waals surface area contributed by atoms with Crippen LogP contribution in [0.1, 0.15) is 152 Å². The molecular formula is C56H83N3O11. The molecule has 14 nitrogen and oxygen atoms in total. The summed E-state index contributed by atoms with van der Waals surface area (Å²) in [4.78, 5) is 36.6. The van der Waals surface area contributed by atoms with Crippen molar-refractivity contribution in [1.82, 2.24) is 10.2 Å². The molecule has 0 radical (unpaired) electrons. The van der Waals surface area contributed by atoms with Gasteiger partial charge in [-0.1, -0.05) is 119 Å². The molecule has 7 unspecified atom stereocenters.